The van der Waals surface area contributed by atoms with Gasteiger partial charge in [0, 0.05) is 16.2 Å². The van der Waals surface area contributed by atoms with E-state index in [1.807, 2.05) is 12.1 Å². The van der Waals surface area contributed by atoms with Gasteiger partial charge in [0.15, 0.2) is 0 Å². The number of hydrazine groups is 1. The zero-order valence-corrected chi connectivity index (χ0v) is 12.9. The Morgan fingerprint density at radius 1 is 1.29 bits per heavy atom. The van der Waals surface area contributed by atoms with Crippen LogP contribution in [0.5, 0.6) is 5.75 Å². The Morgan fingerprint density at radius 2 is 2.10 bits per heavy atom. The summed E-state index contributed by atoms with van der Waals surface area (Å²) in [4.78, 5) is 1.16. The summed E-state index contributed by atoms with van der Waals surface area (Å²) in [5.74, 6) is 6.64. The minimum atomic E-state index is -0.299. The summed E-state index contributed by atoms with van der Waals surface area (Å²) in [6.07, 6.45) is 0. The molecule has 2 aromatic carbocycles. The van der Waals surface area contributed by atoms with Crippen molar-refractivity contribution in [3.05, 3.63) is 59.4 Å². The van der Waals surface area contributed by atoms with E-state index in [-0.39, 0.29) is 11.9 Å². The summed E-state index contributed by atoms with van der Waals surface area (Å²) in [6.45, 7) is 2.05. The molecule has 0 saturated carbocycles. The second-order valence-corrected chi connectivity index (χ2v) is 5.83. The van der Waals surface area contributed by atoms with Crippen LogP contribution in [-0.4, -0.2) is 12.9 Å². The van der Waals surface area contributed by atoms with Crippen LogP contribution < -0.4 is 16.0 Å². The Kier molecular flexibility index (Phi) is 5.61. The van der Waals surface area contributed by atoms with E-state index in [4.69, 9.17) is 10.6 Å². The fourth-order valence-electron chi connectivity index (χ4n) is 2.09. The van der Waals surface area contributed by atoms with Crippen molar-refractivity contribution in [1.29, 1.82) is 0 Å². The minimum absolute atomic E-state index is 0.193. The normalized spacial score (nSPS) is 12.2. The van der Waals surface area contributed by atoms with Crippen molar-refractivity contribution in [2.45, 2.75) is 17.9 Å². The van der Waals surface area contributed by atoms with Gasteiger partial charge in [-0.15, -0.1) is 11.8 Å². The highest BCUT2D eigenvalue weighted by Gasteiger charge is 2.16. The van der Waals surface area contributed by atoms with E-state index in [2.05, 4.69) is 24.5 Å². The van der Waals surface area contributed by atoms with Gasteiger partial charge in [-0.25, -0.2) is 4.39 Å². The zero-order valence-electron chi connectivity index (χ0n) is 12.1. The first-order valence-electron chi connectivity index (χ1n) is 6.63. The number of methoxy groups -OCH3 is 1. The van der Waals surface area contributed by atoms with Crippen LogP contribution in [0.15, 0.2) is 47.4 Å². The molecule has 2 aromatic rings. The van der Waals surface area contributed by atoms with E-state index < -0.39 is 0 Å². The Balaban J connectivity index is 2.15. The molecule has 3 nitrogen and oxygen atoms in total. The molecule has 0 aliphatic rings. The summed E-state index contributed by atoms with van der Waals surface area (Å²) < 4.78 is 18.7. The predicted molar refractivity (Wildman–Crippen MR) is 84.9 cm³/mol. The molecule has 0 radical (unpaired) electrons. The summed E-state index contributed by atoms with van der Waals surface area (Å²) in [5.41, 5.74) is 4.67. The van der Waals surface area contributed by atoms with Crippen LogP contribution in [0.1, 0.15) is 17.2 Å². The van der Waals surface area contributed by atoms with E-state index >= 15 is 0 Å². The van der Waals surface area contributed by atoms with Crippen LogP contribution in [0, 0.1) is 12.7 Å². The van der Waals surface area contributed by atoms with Gasteiger partial charge in [0.05, 0.1) is 13.2 Å². The molecule has 0 amide bonds. The number of hydrogen-bond acceptors (Lipinski definition) is 4. The lowest BCUT2D eigenvalue weighted by Gasteiger charge is -2.19. The van der Waals surface area contributed by atoms with Gasteiger partial charge in [0.2, 0.25) is 0 Å². The van der Waals surface area contributed by atoms with Crippen LogP contribution in [0.25, 0.3) is 0 Å². The molecule has 5 heteroatoms. The molecule has 0 aliphatic carbocycles. The van der Waals surface area contributed by atoms with E-state index in [1.165, 1.54) is 17.7 Å². The summed E-state index contributed by atoms with van der Waals surface area (Å²) in [6, 6.07) is 12.5. The topological polar surface area (TPSA) is 47.3 Å². The highest BCUT2D eigenvalue weighted by atomic mass is 32.2. The molecule has 2 rings (SSSR count). The molecule has 1 atom stereocenters. The van der Waals surface area contributed by atoms with Gasteiger partial charge in [-0.3, -0.25) is 11.3 Å². The number of ether oxygens (including phenoxy) is 1. The van der Waals surface area contributed by atoms with Gasteiger partial charge in [-0.05, 0) is 37.3 Å². The number of thioether (sulfide) groups is 1. The number of benzene rings is 2. The van der Waals surface area contributed by atoms with Crippen LogP contribution >= 0.6 is 11.8 Å². The van der Waals surface area contributed by atoms with Crippen molar-refractivity contribution in [3.63, 3.8) is 0 Å². The maximum Gasteiger partial charge on any atom is 0.123 e. The quantitative estimate of drug-likeness (QED) is 0.487. The van der Waals surface area contributed by atoms with Gasteiger partial charge in [0.1, 0.15) is 11.6 Å². The fraction of sp³-hybridized carbons (Fsp3) is 0.250. The molecule has 0 bridgehead atoms. The standard InChI is InChI=1S/C16H19FN2OS/c1-11-4-3-5-13(8-11)21-10-15(19-18)14-9-12(17)6-7-16(14)20-2/h3-9,15,19H,10,18H2,1-2H3. The highest BCUT2D eigenvalue weighted by molar-refractivity contribution is 7.99. The van der Waals surface area contributed by atoms with Crippen molar-refractivity contribution < 1.29 is 9.13 Å². The van der Waals surface area contributed by atoms with Crippen LogP contribution in [0.3, 0.4) is 0 Å². The largest absolute Gasteiger partial charge is 0.496 e. The van der Waals surface area contributed by atoms with E-state index in [9.17, 15) is 4.39 Å². The molecular weight excluding hydrogens is 287 g/mol. The first-order chi connectivity index (χ1) is 10.1. The lowest BCUT2D eigenvalue weighted by Crippen LogP contribution is -2.30. The number of halogens is 1. The maximum atomic E-state index is 13.5. The molecule has 0 aliphatic heterocycles. The van der Waals surface area contributed by atoms with Crippen molar-refractivity contribution in [3.8, 4) is 5.75 Å². The third-order valence-electron chi connectivity index (χ3n) is 3.17. The molecule has 0 heterocycles. The first kappa shape index (κ1) is 15.8. The summed E-state index contributed by atoms with van der Waals surface area (Å²) >= 11 is 1.67. The van der Waals surface area contributed by atoms with Gasteiger partial charge >= 0.3 is 0 Å². The van der Waals surface area contributed by atoms with Crippen molar-refractivity contribution in [2.24, 2.45) is 5.84 Å². The van der Waals surface area contributed by atoms with Crippen molar-refractivity contribution in [2.75, 3.05) is 12.9 Å². The van der Waals surface area contributed by atoms with Crippen LogP contribution in [-0.2, 0) is 0 Å². The van der Waals surface area contributed by atoms with Crippen molar-refractivity contribution >= 4 is 11.8 Å². The predicted octanol–water partition coefficient (Wildman–Crippen LogP) is 3.44. The number of rotatable bonds is 6. The second-order valence-electron chi connectivity index (χ2n) is 4.73. The maximum absolute atomic E-state index is 13.5. The van der Waals surface area contributed by atoms with Crippen molar-refractivity contribution in [1.82, 2.24) is 5.43 Å². The molecule has 112 valence electrons. The lowest BCUT2D eigenvalue weighted by molar-refractivity contribution is 0.401. The Labute approximate surface area is 128 Å². The number of nitrogens with one attached hydrogen (secondary N) is 1. The molecule has 0 saturated heterocycles. The first-order valence-corrected chi connectivity index (χ1v) is 7.61. The fourth-order valence-corrected chi connectivity index (χ4v) is 3.17. The third-order valence-corrected chi connectivity index (χ3v) is 4.26. The lowest BCUT2D eigenvalue weighted by atomic mass is 10.1. The molecular formula is C16H19FN2OS. The number of hydrogen-bond donors (Lipinski definition) is 2. The van der Waals surface area contributed by atoms with E-state index in [1.54, 1.807) is 24.9 Å². The summed E-state index contributed by atoms with van der Waals surface area (Å²) in [5, 5.41) is 0. The molecule has 1 unspecified atom stereocenters. The molecule has 21 heavy (non-hydrogen) atoms. The van der Waals surface area contributed by atoms with E-state index in [0.29, 0.717) is 11.5 Å². The SMILES string of the molecule is COc1ccc(F)cc1C(CSc1cccc(C)c1)NN. The third kappa shape index (κ3) is 4.20. The Bertz CT molecular complexity index is 607. The Morgan fingerprint density at radius 3 is 2.76 bits per heavy atom. The number of nitrogens with two attached hydrogens (primary N) is 1. The number of aryl methyl sites for hydroxylation is 1. The summed E-state index contributed by atoms with van der Waals surface area (Å²) in [7, 11) is 1.57. The monoisotopic (exact) mass is 306 g/mol. The van der Waals surface area contributed by atoms with Gasteiger partial charge < -0.3 is 4.74 Å². The minimum Gasteiger partial charge on any atom is -0.496 e. The van der Waals surface area contributed by atoms with Gasteiger partial charge in [-0.2, -0.15) is 0 Å². The highest BCUT2D eigenvalue weighted by Crippen LogP contribution is 2.30. The van der Waals surface area contributed by atoms with E-state index in [0.717, 1.165) is 10.5 Å². The smallest absolute Gasteiger partial charge is 0.123 e. The molecule has 0 fully saturated rings. The van der Waals surface area contributed by atoms with Crippen LogP contribution in [0.4, 0.5) is 4.39 Å². The average Bonchev–Trinajstić information content (AvgIpc) is 2.48. The molecule has 0 aromatic heterocycles. The van der Waals surface area contributed by atoms with Crippen LogP contribution in [0.2, 0.25) is 0 Å². The Hall–Kier alpha value is -1.56. The van der Waals surface area contributed by atoms with Gasteiger partial charge in [0.25, 0.3) is 0 Å². The van der Waals surface area contributed by atoms with Gasteiger partial charge in [-0.1, -0.05) is 17.7 Å². The average molecular weight is 306 g/mol. The second kappa shape index (κ2) is 7.45. The zero-order chi connectivity index (χ0) is 15.2. The molecule has 0 spiro atoms. The molecule has 3 N–H and O–H groups in total.